The first-order chi connectivity index (χ1) is 12.6. The molecule has 3 rings (SSSR count). The Hall–Kier alpha value is -3.09. The van der Waals surface area contributed by atoms with Gasteiger partial charge in [0.1, 0.15) is 0 Å². The molecule has 0 radical (unpaired) electrons. The highest BCUT2D eigenvalue weighted by atomic mass is 16.5. The Morgan fingerprint density at radius 2 is 2.12 bits per heavy atom. The third-order valence-electron chi connectivity index (χ3n) is 4.13. The standard InChI is InChI=1S/C19H21N3O4/c1-4-22(5-2)18-15(19(24)25-6-3)16(23)14(26-18)10-12-11-21-17-13(12)8-7-9-20-17/h7-11,23H,4-6H2,1-3H3. The number of esters is 1. The monoisotopic (exact) mass is 355 g/mol. The van der Waals surface area contributed by atoms with Gasteiger partial charge in [-0.2, -0.15) is 0 Å². The van der Waals surface area contributed by atoms with Gasteiger partial charge in [-0.05, 0) is 39.0 Å². The van der Waals surface area contributed by atoms with Crippen molar-refractivity contribution in [3.05, 3.63) is 35.2 Å². The highest BCUT2D eigenvalue weighted by Crippen LogP contribution is 2.39. The van der Waals surface area contributed by atoms with Crippen molar-refractivity contribution in [1.82, 2.24) is 4.98 Å². The number of hydrogen-bond donors (Lipinski definition) is 1. The normalized spacial score (nSPS) is 13.9. The average molecular weight is 355 g/mol. The van der Waals surface area contributed by atoms with Crippen LogP contribution in [0.1, 0.15) is 42.5 Å². The Morgan fingerprint density at radius 3 is 2.81 bits per heavy atom. The molecule has 1 aliphatic heterocycles. The molecule has 7 heteroatoms. The van der Waals surface area contributed by atoms with Crippen molar-refractivity contribution in [3.8, 4) is 5.75 Å². The van der Waals surface area contributed by atoms with Crippen LogP contribution in [-0.4, -0.2) is 42.0 Å². The molecule has 0 aliphatic carbocycles. The number of pyridine rings is 1. The van der Waals surface area contributed by atoms with Crippen LogP contribution in [0.5, 0.6) is 5.75 Å². The van der Waals surface area contributed by atoms with Crippen molar-refractivity contribution < 1.29 is 19.1 Å². The topological polar surface area (TPSA) is 88.2 Å². The smallest absolute Gasteiger partial charge is 0.347 e. The van der Waals surface area contributed by atoms with E-state index in [0.29, 0.717) is 24.8 Å². The molecule has 0 fully saturated rings. The van der Waals surface area contributed by atoms with E-state index in [4.69, 9.17) is 9.15 Å². The van der Waals surface area contributed by atoms with Gasteiger partial charge in [0, 0.05) is 36.6 Å². The molecule has 2 aromatic rings. The van der Waals surface area contributed by atoms with E-state index in [1.165, 1.54) is 0 Å². The van der Waals surface area contributed by atoms with Gasteiger partial charge in [0.2, 0.25) is 5.88 Å². The van der Waals surface area contributed by atoms with Gasteiger partial charge in [0.05, 0.1) is 6.61 Å². The average Bonchev–Trinajstić information content (AvgIpc) is 3.19. The highest BCUT2D eigenvalue weighted by molar-refractivity contribution is 6.21. The summed E-state index contributed by atoms with van der Waals surface area (Å²) in [6, 6.07) is 3.70. The molecule has 7 nitrogen and oxygen atoms in total. The molecule has 1 N–H and O–H groups in total. The molecule has 0 saturated heterocycles. The Balaban J connectivity index is 2.09. The fourth-order valence-corrected chi connectivity index (χ4v) is 2.83. The number of nitrogens with zero attached hydrogens (tertiary/aromatic N) is 3. The second kappa shape index (κ2) is 7.43. The third kappa shape index (κ3) is 3.08. The summed E-state index contributed by atoms with van der Waals surface area (Å²) in [7, 11) is 0. The summed E-state index contributed by atoms with van der Waals surface area (Å²) in [6.07, 6.45) is 4.98. The van der Waals surface area contributed by atoms with E-state index in [9.17, 15) is 9.90 Å². The predicted molar refractivity (Wildman–Crippen MR) is 100 cm³/mol. The van der Waals surface area contributed by atoms with Gasteiger partial charge >= 0.3 is 5.97 Å². The number of fused-ring (bicyclic) bond motifs is 1. The lowest BCUT2D eigenvalue weighted by Gasteiger charge is -2.18. The Labute approximate surface area is 151 Å². The zero-order chi connectivity index (χ0) is 18.7. The predicted octanol–water partition coefficient (Wildman–Crippen LogP) is 3.66. The Kier molecular flexibility index (Phi) is 5.06. The maximum absolute atomic E-state index is 12.3. The number of anilines is 1. The zero-order valence-corrected chi connectivity index (χ0v) is 15.0. The summed E-state index contributed by atoms with van der Waals surface area (Å²) in [6.45, 7) is 7.07. The molecule has 0 saturated carbocycles. The lowest BCUT2D eigenvalue weighted by Crippen LogP contribution is -2.23. The molecule has 1 aliphatic rings. The number of rotatable bonds is 6. The summed E-state index contributed by atoms with van der Waals surface area (Å²) in [5, 5.41) is 10.6. The summed E-state index contributed by atoms with van der Waals surface area (Å²) in [4.78, 5) is 22.6. The number of allylic oxidation sites excluding steroid dienone is 1. The van der Waals surface area contributed by atoms with Crippen LogP contribution in [0.15, 0.2) is 27.7 Å². The molecule has 0 aromatic carbocycles. The molecular weight excluding hydrogens is 334 g/mol. The van der Waals surface area contributed by atoms with Crippen LogP contribution < -0.4 is 4.90 Å². The van der Waals surface area contributed by atoms with Crippen LogP contribution in [0.4, 0.5) is 11.7 Å². The molecule has 136 valence electrons. The number of ether oxygens (including phenoxy) is 1. The van der Waals surface area contributed by atoms with Crippen molar-refractivity contribution in [3.63, 3.8) is 0 Å². The molecule has 0 atom stereocenters. The quantitative estimate of drug-likeness (QED) is 0.796. The lowest BCUT2D eigenvalue weighted by atomic mass is 10.1. The summed E-state index contributed by atoms with van der Waals surface area (Å²) in [5.74, 6) is 0.262. The highest BCUT2D eigenvalue weighted by Gasteiger charge is 2.29. The van der Waals surface area contributed by atoms with Gasteiger partial charge in [-0.1, -0.05) is 0 Å². The summed E-state index contributed by atoms with van der Waals surface area (Å²) >= 11 is 0. The van der Waals surface area contributed by atoms with Crippen LogP contribution in [0.2, 0.25) is 0 Å². The first kappa shape index (κ1) is 17.7. The van der Waals surface area contributed by atoms with Crippen LogP contribution >= 0.6 is 0 Å². The first-order valence-electron chi connectivity index (χ1n) is 8.59. The third-order valence-corrected chi connectivity index (χ3v) is 4.13. The number of aromatic hydroxyl groups is 1. The fraction of sp³-hybridized carbons (Fsp3) is 0.316. The van der Waals surface area contributed by atoms with E-state index in [2.05, 4.69) is 9.98 Å². The summed E-state index contributed by atoms with van der Waals surface area (Å²) < 4.78 is 10.9. The van der Waals surface area contributed by atoms with Crippen LogP contribution in [0.25, 0.3) is 11.6 Å². The van der Waals surface area contributed by atoms with E-state index in [1.807, 2.05) is 30.9 Å². The van der Waals surface area contributed by atoms with E-state index < -0.39 is 5.97 Å². The van der Waals surface area contributed by atoms with Crippen LogP contribution in [0, 0.1) is 0 Å². The van der Waals surface area contributed by atoms with Crippen LogP contribution in [-0.2, 0) is 4.74 Å². The largest absolute Gasteiger partial charge is 0.504 e. The number of hydrogen-bond acceptors (Lipinski definition) is 7. The van der Waals surface area contributed by atoms with Crippen molar-refractivity contribution in [2.75, 3.05) is 24.6 Å². The molecule has 2 aromatic heterocycles. The maximum Gasteiger partial charge on any atom is 0.347 e. The minimum Gasteiger partial charge on any atom is -0.504 e. The number of carbonyl (C=O) groups is 1. The second-order valence-corrected chi connectivity index (χ2v) is 5.62. The molecule has 0 bridgehead atoms. The van der Waals surface area contributed by atoms with Gasteiger partial charge in [-0.3, -0.25) is 0 Å². The minimum absolute atomic E-state index is 0.0451. The fourth-order valence-electron chi connectivity index (χ4n) is 2.83. The van der Waals surface area contributed by atoms with E-state index >= 15 is 0 Å². The van der Waals surface area contributed by atoms with Gasteiger partial charge < -0.3 is 19.2 Å². The van der Waals surface area contributed by atoms with Gasteiger partial charge in [0.25, 0.3) is 0 Å². The van der Waals surface area contributed by atoms with Gasteiger partial charge in [0.15, 0.2) is 22.9 Å². The van der Waals surface area contributed by atoms with Gasteiger partial charge in [-0.25, -0.2) is 14.8 Å². The number of aromatic nitrogens is 1. The summed E-state index contributed by atoms with van der Waals surface area (Å²) in [5.41, 5.74) is 1.63. The van der Waals surface area contributed by atoms with E-state index in [-0.39, 0.29) is 23.7 Å². The molecule has 0 spiro atoms. The van der Waals surface area contributed by atoms with Gasteiger partial charge in [-0.15, -0.1) is 0 Å². The first-order valence-corrected chi connectivity index (χ1v) is 8.59. The molecule has 26 heavy (non-hydrogen) atoms. The van der Waals surface area contributed by atoms with Crippen molar-refractivity contribution in [2.24, 2.45) is 4.99 Å². The number of aliphatic imine (C=N–C) groups is 1. The van der Waals surface area contributed by atoms with Crippen molar-refractivity contribution in [1.29, 1.82) is 0 Å². The molecule has 0 amide bonds. The van der Waals surface area contributed by atoms with E-state index in [0.717, 1.165) is 11.1 Å². The van der Waals surface area contributed by atoms with E-state index in [1.54, 1.807) is 25.4 Å². The second-order valence-electron chi connectivity index (χ2n) is 5.62. The maximum atomic E-state index is 12.3. The molecular formula is C19H21N3O4. The Bertz CT molecular complexity index is 879. The van der Waals surface area contributed by atoms with Crippen LogP contribution in [0.3, 0.4) is 0 Å². The minimum atomic E-state index is -0.609. The number of carbonyl (C=O) groups excluding carboxylic acids is 1. The van der Waals surface area contributed by atoms with Crippen molar-refractivity contribution in [2.45, 2.75) is 20.8 Å². The Morgan fingerprint density at radius 1 is 1.35 bits per heavy atom. The van der Waals surface area contributed by atoms with Crippen molar-refractivity contribution >= 4 is 35.5 Å². The molecule has 0 unspecified atom stereocenters. The lowest BCUT2D eigenvalue weighted by molar-refractivity contribution is 0.0523. The molecule has 3 heterocycles. The SMILES string of the molecule is CCOC(=O)c1c(N(CC)CC)oc(C=C2C=Nc3ncccc32)c1O. The number of furan rings is 1. The zero-order valence-electron chi connectivity index (χ0n) is 15.0.